The van der Waals surface area contributed by atoms with Gasteiger partial charge in [0.25, 0.3) is 0 Å². The van der Waals surface area contributed by atoms with Gasteiger partial charge in [0.1, 0.15) is 0 Å². The second-order valence-electron chi connectivity index (χ2n) is 4.56. The molecular formula is C16H17Cl2NS. The summed E-state index contributed by atoms with van der Waals surface area (Å²) in [6, 6.07) is 16.7. The van der Waals surface area contributed by atoms with E-state index in [2.05, 4.69) is 29.6 Å². The third kappa shape index (κ3) is 4.71. The Morgan fingerprint density at radius 3 is 2.45 bits per heavy atom. The minimum absolute atomic E-state index is 0.400. The topological polar surface area (TPSA) is 12.0 Å². The fourth-order valence-corrected chi connectivity index (χ4v) is 3.26. The Labute approximate surface area is 134 Å². The molecule has 0 aromatic heterocycles. The van der Waals surface area contributed by atoms with E-state index in [1.54, 1.807) is 0 Å². The summed E-state index contributed by atoms with van der Waals surface area (Å²) in [7, 11) is 1.99. The van der Waals surface area contributed by atoms with Crippen LogP contribution in [0.1, 0.15) is 5.56 Å². The third-order valence-electron chi connectivity index (χ3n) is 3.07. The van der Waals surface area contributed by atoms with Crippen molar-refractivity contribution in [2.24, 2.45) is 0 Å². The second-order valence-corrected chi connectivity index (χ2v) is 6.47. The molecule has 4 heteroatoms. The van der Waals surface area contributed by atoms with Crippen molar-refractivity contribution in [1.82, 2.24) is 5.32 Å². The van der Waals surface area contributed by atoms with Gasteiger partial charge in [0.15, 0.2) is 0 Å². The lowest BCUT2D eigenvalue weighted by Gasteiger charge is -2.16. The summed E-state index contributed by atoms with van der Waals surface area (Å²) in [4.78, 5) is 1.29. The number of rotatable bonds is 6. The van der Waals surface area contributed by atoms with Crippen LogP contribution in [0, 0.1) is 0 Å². The minimum Gasteiger partial charge on any atom is -0.316 e. The maximum absolute atomic E-state index is 6.06. The minimum atomic E-state index is 0.400. The lowest BCUT2D eigenvalue weighted by atomic mass is 10.1. The predicted octanol–water partition coefficient (Wildman–Crippen LogP) is 4.92. The molecule has 0 aliphatic carbocycles. The van der Waals surface area contributed by atoms with Gasteiger partial charge in [0.05, 0.1) is 10.0 Å². The van der Waals surface area contributed by atoms with Gasteiger partial charge in [0, 0.05) is 16.7 Å². The summed E-state index contributed by atoms with van der Waals surface area (Å²) < 4.78 is 0. The van der Waals surface area contributed by atoms with Crippen LogP contribution < -0.4 is 5.32 Å². The first-order valence-corrected chi connectivity index (χ1v) is 8.22. The van der Waals surface area contributed by atoms with Crippen LogP contribution >= 0.6 is 35.0 Å². The Bertz CT molecular complexity index is 545. The maximum Gasteiger partial charge on any atom is 0.0595 e. The number of nitrogens with one attached hydrogen (secondary N) is 1. The van der Waals surface area contributed by atoms with Crippen LogP contribution in [0.5, 0.6) is 0 Å². The highest BCUT2D eigenvalue weighted by molar-refractivity contribution is 7.99. The summed E-state index contributed by atoms with van der Waals surface area (Å²) in [5.41, 5.74) is 1.20. The van der Waals surface area contributed by atoms with Crippen LogP contribution in [-0.2, 0) is 6.42 Å². The Kier molecular flexibility index (Phi) is 6.24. The number of halogens is 2. The Morgan fingerprint density at radius 2 is 1.80 bits per heavy atom. The Hall–Kier alpha value is -0.670. The van der Waals surface area contributed by atoms with E-state index in [9.17, 15) is 0 Å². The number of hydrogen-bond acceptors (Lipinski definition) is 2. The fraction of sp³-hybridized carbons (Fsp3) is 0.250. The highest BCUT2D eigenvalue weighted by Gasteiger charge is 2.09. The highest BCUT2D eigenvalue weighted by Crippen LogP contribution is 2.24. The van der Waals surface area contributed by atoms with Crippen molar-refractivity contribution >= 4 is 35.0 Å². The zero-order valence-corrected chi connectivity index (χ0v) is 13.6. The molecule has 0 saturated carbocycles. The van der Waals surface area contributed by atoms with Gasteiger partial charge in [-0.3, -0.25) is 0 Å². The van der Waals surface area contributed by atoms with E-state index in [0.717, 1.165) is 12.2 Å². The summed E-state index contributed by atoms with van der Waals surface area (Å²) in [5, 5.41) is 4.58. The molecule has 2 rings (SSSR count). The van der Waals surface area contributed by atoms with E-state index in [1.165, 1.54) is 10.5 Å². The zero-order valence-electron chi connectivity index (χ0n) is 11.3. The molecule has 0 bridgehead atoms. The molecular weight excluding hydrogens is 309 g/mol. The molecule has 2 aromatic carbocycles. The van der Waals surface area contributed by atoms with Crippen molar-refractivity contribution in [1.29, 1.82) is 0 Å². The van der Waals surface area contributed by atoms with Gasteiger partial charge < -0.3 is 5.32 Å². The van der Waals surface area contributed by atoms with Crippen molar-refractivity contribution in [3.63, 3.8) is 0 Å². The molecule has 0 fully saturated rings. The third-order valence-corrected chi connectivity index (χ3v) is 4.98. The molecule has 0 saturated heterocycles. The number of benzene rings is 2. The quantitative estimate of drug-likeness (QED) is 0.757. The molecule has 1 unspecified atom stereocenters. The summed E-state index contributed by atoms with van der Waals surface area (Å²) in [6.07, 6.45) is 0.938. The molecule has 1 N–H and O–H groups in total. The van der Waals surface area contributed by atoms with Crippen LogP contribution in [0.15, 0.2) is 53.4 Å². The van der Waals surface area contributed by atoms with E-state index in [1.807, 2.05) is 43.1 Å². The average Bonchev–Trinajstić information content (AvgIpc) is 2.48. The number of hydrogen-bond donors (Lipinski definition) is 1. The predicted molar refractivity (Wildman–Crippen MR) is 90.2 cm³/mol. The van der Waals surface area contributed by atoms with Crippen molar-refractivity contribution in [3.8, 4) is 0 Å². The summed E-state index contributed by atoms with van der Waals surface area (Å²) >= 11 is 13.9. The van der Waals surface area contributed by atoms with Crippen LogP contribution in [0.3, 0.4) is 0 Å². The molecule has 106 valence electrons. The summed E-state index contributed by atoms with van der Waals surface area (Å²) in [6.45, 7) is 0. The lowest BCUT2D eigenvalue weighted by Crippen LogP contribution is -2.30. The molecule has 0 aliphatic heterocycles. The van der Waals surface area contributed by atoms with Crippen molar-refractivity contribution in [2.75, 3.05) is 12.8 Å². The van der Waals surface area contributed by atoms with Gasteiger partial charge in [-0.25, -0.2) is 0 Å². The zero-order chi connectivity index (χ0) is 14.4. The van der Waals surface area contributed by atoms with Crippen LogP contribution in [0.25, 0.3) is 0 Å². The van der Waals surface area contributed by atoms with Crippen LogP contribution in [-0.4, -0.2) is 18.8 Å². The number of likely N-dealkylation sites (N-methyl/N-ethyl adjacent to an activating group) is 1. The second kappa shape index (κ2) is 7.94. The first-order chi connectivity index (χ1) is 9.69. The molecule has 1 atom stereocenters. The molecule has 2 aromatic rings. The van der Waals surface area contributed by atoms with E-state index < -0.39 is 0 Å². The molecule has 0 heterocycles. The monoisotopic (exact) mass is 325 g/mol. The van der Waals surface area contributed by atoms with Gasteiger partial charge in [-0.05, 0) is 43.3 Å². The normalized spacial score (nSPS) is 12.3. The lowest BCUT2D eigenvalue weighted by molar-refractivity contribution is 0.617. The van der Waals surface area contributed by atoms with Gasteiger partial charge >= 0.3 is 0 Å². The van der Waals surface area contributed by atoms with Crippen LogP contribution in [0.4, 0.5) is 0 Å². The van der Waals surface area contributed by atoms with E-state index in [-0.39, 0.29) is 0 Å². The SMILES string of the molecule is CNC(CSc1ccccc1)Cc1ccc(Cl)c(Cl)c1. The molecule has 0 amide bonds. The van der Waals surface area contributed by atoms with Crippen molar-refractivity contribution in [3.05, 3.63) is 64.1 Å². The fourth-order valence-electron chi connectivity index (χ4n) is 1.91. The Balaban J connectivity index is 1.93. The van der Waals surface area contributed by atoms with Gasteiger partial charge in [-0.15, -0.1) is 11.8 Å². The highest BCUT2D eigenvalue weighted by atomic mass is 35.5. The average molecular weight is 326 g/mol. The largest absolute Gasteiger partial charge is 0.316 e. The maximum atomic E-state index is 6.06. The van der Waals surface area contributed by atoms with Crippen molar-refractivity contribution < 1.29 is 0 Å². The smallest absolute Gasteiger partial charge is 0.0595 e. The molecule has 0 spiro atoms. The van der Waals surface area contributed by atoms with Gasteiger partial charge in [0.2, 0.25) is 0 Å². The van der Waals surface area contributed by atoms with Gasteiger partial charge in [-0.1, -0.05) is 47.5 Å². The van der Waals surface area contributed by atoms with Crippen LogP contribution in [0.2, 0.25) is 10.0 Å². The molecule has 1 nitrogen and oxygen atoms in total. The standard InChI is InChI=1S/C16H17Cl2NS/c1-19-13(11-20-14-5-3-2-4-6-14)9-12-7-8-15(17)16(18)10-12/h2-8,10,13,19H,9,11H2,1H3. The first kappa shape index (κ1) is 15.7. The Morgan fingerprint density at radius 1 is 1.05 bits per heavy atom. The molecule has 0 aliphatic rings. The van der Waals surface area contributed by atoms with E-state index >= 15 is 0 Å². The first-order valence-electron chi connectivity index (χ1n) is 6.48. The van der Waals surface area contributed by atoms with E-state index in [4.69, 9.17) is 23.2 Å². The summed E-state index contributed by atoms with van der Waals surface area (Å²) in [5.74, 6) is 1.01. The number of thioether (sulfide) groups is 1. The molecule has 0 radical (unpaired) electrons. The van der Waals surface area contributed by atoms with Crippen molar-refractivity contribution in [2.45, 2.75) is 17.4 Å². The molecule has 20 heavy (non-hydrogen) atoms. The van der Waals surface area contributed by atoms with Gasteiger partial charge in [-0.2, -0.15) is 0 Å². The van der Waals surface area contributed by atoms with E-state index in [0.29, 0.717) is 16.1 Å².